The second-order valence-corrected chi connectivity index (χ2v) is 6.57. The van der Waals surface area contributed by atoms with Crippen LogP contribution in [-0.2, 0) is 12.7 Å². The molecule has 0 saturated heterocycles. The quantitative estimate of drug-likeness (QED) is 0.584. The van der Waals surface area contributed by atoms with Gasteiger partial charge in [-0.05, 0) is 35.9 Å². The number of halogens is 4. The standard InChI is InChI=1S/C21H17F4N3O3/c22-16-2-1-9-26-19(16)18(13-3-6-15(7-4-13)21(23,24)25)27-20(31)14-5-8-17(30)28(12-14)10-11-29/h1-9,12,18,29H,10-11H2,(H,27,31). The Morgan fingerprint density at radius 3 is 2.45 bits per heavy atom. The van der Waals surface area contributed by atoms with E-state index in [0.29, 0.717) is 0 Å². The monoisotopic (exact) mass is 435 g/mol. The third kappa shape index (κ3) is 5.15. The number of aliphatic hydroxyl groups is 1. The number of aromatic nitrogens is 2. The van der Waals surface area contributed by atoms with Gasteiger partial charge in [0.05, 0.1) is 23.8 Å². The summed E-state index contributed by atoms with van der Waals surface area (Å²) in [6.07, 6.45) is -2.02. The van der Waals surface area contributed by atoms with Gasteiger partial charge in [0, 0.05) is 25.0 Å². The van der Waals surface area contributed by atoms with Crippen molar-refractivity contribution in [2.24, 2.45) is 0 Å². The predicted octanol–water partition coefficient (Wildman–Crippen LogP) is 2.91. The van der Waals surface area contributed by atoms with E-state index in [1.165, 1.54) is 24.5 Å². The van der Waals surface area contributed by atoms with Crippen molar-refractivity contribution in [1.29, 1.82) is 0 Å². The molecule has 1 atom stereocenters. The Bertz CT molecular complexity index is 1130. The van der Waals surface area contributed by atoms with Crippen molar-refractivity contribution in [3.05, 3.63) is 99.5 Å². The predicted molar refractivity (Wildman–Crippen MR) is 103 cm³/mol. The number of carbonyl (C=O) groups is 1. The number of aliphatic hydroxyl groups excluding tert-OH is 1. The first kappa shape index (κ1) is 22.2. The lowest BCUT2D eigenvalue weighted by atomic mass is 10.0. The van der Waals surface area contributed by atoms with E-state index in [1.54, 1.807) is 0 Å². The fourth-order valence-electron chi connectivity index (χ4n) is 2.95. The van der Waals surface area contributed by atoms with Crippen LogP contribution < -0.4 is 10.9 Å². The number of hydrogen-bond acceptors (Lipinski definition) is 4. The highest BCUT2D eigenvalue weighted by Gasteiger charge is 2.31. The molecule has 1 amide bonds. The Balaban J connectivity index is 1.98. The van der Waals surface area contributed by atoms with Gasteiger partial charge >= 0.3 is 6.18 Å². The molecule has 1 unspecified atom stereocenters. The molecule has 0 fully saturated rings. The number of alkyl halides is 3. The van der Waals surface area contributed by atoms with Gasteiger partial charge in [0.15, 0.2) is 0 Å². The first-order chi connectivity index (χ1) is 14.7. The Labute approximate surface area is 173 Å². The average Bonchev–Trinajstić information content (AvgIpc) is 2.74. The Morgan fingerprint density at radius 2 is 1.84 bits per heavy atom. The highest BCUT2D eigenvalue weighted by Crippen LogP contribution is 2.31. The fraction of sp³-hybridized carbons (Fsp3) is 0.190. The maximum Gasteiger partial charge on any atom is 0.416 e. The number of nitrogens with one attached hydrogen (secondary N) is 1. The van der Waals surface area contributed by atoms with Crippen LogP contribution in [0.3, 0.4) is 0 Å². The minimum atomic E-state index is -4.55. The molecular weight excluding hydrogens is 418 g/mol. The van der Waals surface area contributed by atoms with Gasteiger partial charge in [0.1, 0.15) is 11.5 Å². The van der Waals surface area contributed by atoms with Gasteiger partial charge in [-0.15, -0.1) is 0 Å². The van der Waals surface area contributed by atoms with Crippen LogP contribution in [0.25, 0.3) is 0 Å². The van der Waals surface area contributed by atoms with Crippen molar-refractivity contribution >= 4 is 5.91 Å². The number of pyridine rings is 2. The lowest BCUT2D eigenvalue weighted by Gasteiger charge is -2.20. The number of benzene rings is 1. The molecule has 0 bridgehead atoms. The number of carbonyl (C=O) groups excluding carboxylic acids is 1. The van der Waals surface area contributed by atoms with Crippen LogP contribution >= 0.6 is 0 Å². The summed E-state index contributed by atoms with van der Waals surface area (Å²) < 4.78 is 54.2. The fourth-order valence-corrected chi connectivity index (χ4v) is 2.95. The zero-order valence-electron chi connectivity index (χ0n) is 15.9. The molecule has 1 aromatic carbocycles. The van der Waals surface area contributed by atoms with E-state index in [1.807, 2.05) is 0 Å². The van der Waals surface area contributed by atoms with Gasteiger partial charge in [0.2, 0.25) is 0 Å². The van der Waals surface area contributed by atoms with Gasteiger partial charge in [-0.2, -0.15) is 13.2 Å². The number of amides is 1. The van der Waals surface area contributed by atoms with Gasteiger partial charge < -0.3 is 15.0 Å². The molecule has 0 saturated carbocycles. The molecule has 0 aliphatic rings. The van der Waals surface area contributed by atoms with Crippen LogP contribution in [0.15, 0.2) is 65.7 Å². The molecule has 0 aliphatic carbocycles. The summed E-state index contributed by atoms with van der Waals surface area (Å²) in [5, 5.41) is 11.6. The van der Waals surface area contributed by atoms with E-state index in [9.17, 15) is 27.2 Å². The topological polar surface area (TPSA) is 84.2 Å². The van der Waals surface area contributed by atoms with E-state index >= 15 is 0 Å². The summed E-state index contributed by atoms with van der Waals surface area (Å²) in [5.74, 6) is -1.46. The van der Waals surface area contributed by atoms with Gasteiger partial charge in [-0.3, -0.25) is 14.6 Å². The van der Waals surface area contributed by atoms with Crippen molar-refractivity contribution in [2.45, 2.75) is 18.8 Å². The van der Waals surface area contributed by atoms with E-state index in [0.717, 1.165) is 41.0 Å². The summed E-state index contributed by atoms with van der Waals surface area (Å²) in [4.78, 5) is 28.5. The third-order valence-electron chi connectivity index (χ3n) is 4.49. The Hall–Kier alpha value is -3.53. The van der Waals surface area contributed by atoms with E-state index in [2.05, 4.69) is 10.3 Å². The summed E-state index contributed by atoms with van der Waals surface area (Å²) in [5.41, 5.74) is -1.28. The van der Waals surface area contributed by atoms with Crippen LogP contribution in [-0.4, -0.2) is 27.2 Å². The van der Waals surface area contributed by atoms with E-state index in [4.69, 9.17) is 5.11 Å². The molecule has 0 radical (unpaired) electrons. The van der Waals surface area contributed by atoms with Crippen LogP contribution in [0.2, 0.25) is 0 Å². The number of hydrogen-bond donors (Lipinski definition) is 2. The summed E-state index contributed by atoms with van der Waals surface area (Å²) in [7, 11) is 0. The molecule has 3 rings (SSSR count). The largest absolute Gasteiger partial charge is 0.416 e. The maximum absolute atomic E-state index is 14.4. The van der Waals surface area contributed by atoms with Crippen LogP contribution in [0.5, 0.6) is 0 Å². The molecule has 31 heavy (non-hydrogen) atoms. The van der Waals surface area contributed by atoms with Crippen molar-refractivity contribution in [3.8, 4) is 0 Å². The molecule has 3 aromatic rings. The Kier molecular flexibility index (Phi) is 6.50. The molecule has 10 heteroatoms. The zero-order chi connectivity index (χ0) is 22.6. The first-order valence-electron chi connectivity index (χ1n) is 9.10. The van der Waals surface area contributed by atoms with E-state index in [-0.39, 0.29) is 30.0 Å². The van der Waals surface area contributed by atoms with Gasteiger partial charge in [-0.1, -0.05) is 12.1 Å². The van der Waals surface area contributed by atoms with E-state index < -0.39 is 35.1 Å². The molecule has 0 spiro atoms. The minimum Gasteiger partial charge on any atom is -0.395 e. The highest BCUT2D eigenvalue weighted by molar-refractivity contribution is 5.94. The normalized spacial score (nSPS) is 12.4. The number of nitrogens with zero attached hydrogens (tertiary/aromatic N) is 2. The second-order valence-electron chi connectivity index (χ2n) is 6.57. The smallest absolute Gasteiger partial charge is 0.395 e. The highest BCUT2D eigenvalue weighted by atomic mass is 19.4. The molecule has 2 N–H and O–H groups in total. The second kappa shape index (κ2) is 9.09. The summed E-state index contributed by atoms with van der Waals surface area (Å²) in [6.45, 7) is -0.352. The molecule has 0 aliphatic heterocycles. The Morgan fingerprint density at radius 1 is 1.13 bits per heavy atom. The van der Waals surface area contributed by atoms with Crippen molar-refractivity contribution in [3.63, 3.8) is 0 Å². The third-order valence-corrected chi connectivity index (χ3v) is 4.49. The van der Waals surface area contributed by atoms with Crippen LogP contribution in [0, 0.1) is 5.82 Å². The van der Waals surface area contributed by atoms with Crippen LogP contribution in [0.1, 0.15) is 33.2 Å². The first-order valence-corrected chi connectivity index (χ1v) is 9.10. The van der Waals surface area contributed by atoms with Gasteiger partial charge in [0.25, 0.3) is 11.5 Å². The molecule has 2 aromatic heterocycles. The molecule has 2 heterocycles. The maximum atomic E-state index is 14.4. The molecule has 6 nitrogen and oxygen atoms in total. The van der Waals surface area contributed by atoms with Crippen molar-refractivity contribution < 1.29 is 27.5 Å². The number of rotatable bonds is 6. The van der Waals surface area contributed by atoms with Crippen molar-refractivity contribution in [2.75, 3.05) is 6.61 Å². The average molecular weight is 435 g/mol. The zero-order valence-corrected chi connectivity index (χ0v) is 15.9. The summed E-state index contributed by atoms with van der Waals surface area (Å²) in [6, 6.07) is 7.59. The molecular formula is C21H17F4N3O3. The minimum absolute atomic E-state index is 0.0306. The van der Waals surface area contributed by atoms with Crippen LogP contribution in [0.4, 0.5) is 17.6 Å². The lowest BCUT2D eigenvalue weighted by molar-refractivity contribution is -0.137. The van der Waals surface area contributed by atoms with Gasteiger partial charge in [-0.25, -0.2) is 4.39 Å². The molecule has 162 valence electrons. The SMILES string of the molecule is O=C(NC(c1ccc(C(F)(F)F)cc1)c1ncccc1F)c1ccc(=O)n(CCO)c1. The lowest BCUT2D eigenvalue weighted by Crippen LogP contribution is -2.32. The summed E-state index contributed by atoms with van der Waals surface area (Å²) >= 11 is 0. The van der Waals surface area contributed by atoms with Crippen molar-refractivity contribution in [1.82, 2.24) is 14.9 Å².